The molecule has 114 valence electrons. The number of benzene rings is 1. The highest BCUT2D eigenvalue weighted by Gasteiger charge is 2.06. The third kappa shape index (κ3) is 6.92. The number of aliphatic hydroxyl groups excluding tert-OH is 1. The van der Waals surface area contributed by atoms with Crippen molar-refractivity contribution < 1.29 is 15.2 Å². The second-order valence-corrected chi connectivity index (χ2v) is 5.54. The minimum Gasteiger partial charge on any atom is -0.493 e. The fraction of sp³-hybridized carbons (Fsp3) is 0.647. The molecule has 0 aromatic heterocycles. The molecule has 1 rings (SSSR count). The van der Waals surface area contributed by atoms with Crippen molar-refractivity contribution in [2.75, 3.05) is 26.3 Å². The average molecular weight is 280 g/mol. The first-order chi connectivity index (χ1) is 9.75. The largest absolute Gasteiger partial charge is 0.493 e. The number of quaternary nitrogens is 1. The van der Waals surface area contributed by atoms with E-state index in [1.54, 1.807) is 0 Å². The number of hydrogen-bond acceptors (Lipinski definition) is 2. The summed E-state index contributed by atoms with van der Waals surface area (Å²) in [5, 5.41) is 10.8. The Labute approximate surface area is 123 Å². The second kappa shape index (κ2) is 10.7. The van der Waals surface area contributed by atoms with E-state index in [4.69, 9.17) is 9.84 Å². The molecule has 0 bridgehead atoms. The van der Waals surface area contributed by atoms with Crippen molar-refractivity contribution >= 4 is 0 Å². The zero-order valence-electron chi connectivity index (χ0n) is 13.0. The average Bonchev–Trinajstić information content (AvgIpc) is 2.46. The zero-order chi connectivity index (χ0) is 14.6. The van der Waals surface area contributed by atoms with Crippen molar-refractivity contribution in [1.29, 1.82) is 0 Å². The molecule has 0 unspecified atom stereocenters. The first kappa shape index (κ1) is 17.0. The van der Waals surface area contributed by atoms with Gasteiger partial charge in [-0.05, 0) is 43.2 Å². The molecule has 0 atom stereocenters. The summed E-state index contributed by atoms with van der Waals surface area (Å²) in [5.41, 5.74) is 1.30. The summed E-state index contributed by atoms with van der Waals surface area (Å²) >= 11 is 0. The maximum Gasteiger partial charge on any atom is 0.122 e. The van der Waals surface area contributed by atoms with Crippen molar-refractivity contribution in [1.82, 2.24) is 0 Å². The number of nitrogens with two attached hydrogens (primary N) is 1. The van der Waals surface area contributed by atoms with Gasteiger partial charge in [-0.25, -0.2) is 0 Å². The molecule has 0 aliphatic heterocycles. The van der Waals surface area contributed by atoms with Crippen LogP contribution in [0.2, 0.25) is 0 Å². The van der Waals surface area contributed by atoms with Gasteiger partial charge in [-0.1, -0.05) is 32.0 Å². The van der Waals surface area contributed by atoms with Gasteiger partial charge in [0.1, 0.15) is 5.75 Å². The van der Waals surface area contributed by atoms with Crippen LogP contribution in [0.5, 0.6) is 5.75 Å². The van der Waals surface area contributed by atoms with Crippen LogP contribution in [0.1, 0.15) is 51.0 Å². The summed E-state index contributed by atoms with van der Waals surface area (Å²) < 4.78 is 5.90. The van der Waals surface area contributed by atoms with Gasteiger partial charge in [0.15, 0.2) is 0 Å². The van der Waals surface area contributed by atoms with Gasteiger partial charge >= 0.3 is 0 Å². The van der Waals surface area contributed by atoms with E-state index < -0.39 is 0 Å². The van der Waals surface area contributed by atoms with Gasteiger partial charge in [-0.15, -0.1) is 0 Å². The topological polar surface area (TPSA) is 46.1 Å². The van der Waals surface area contributed by atoms with Crippen LogP contribution in [0.4, 0.5) is 0 Å². The molecule has 0 spiro atoms. The molecule has 0 aliphatic carbocycles. The highest BCUT2D eigenvalue weighted by Crippen LogP contribution is 2.25. The third-order valence-corrected chi connectivity index (χ3v) is 3.43. The number of ether oxygens (including phenoxy) is 1. The van der Waals surface area contributed by atoms with Crippen LogP contribution in [0, 0.1) is 0 Å². The van der Waals surface area contributed by atoms with Gasteiger partial charge in [-0.3, -0.25) is 0 Å². The molecular weight excluding hydrogens is 250 g/mol. The van der Waals surface area contributed by atoms with Crippen molar-refractivity contribution in [2.45, 2.75) is 45.4 Å². The Bertz CT molecular complexity index is 353. The Balaban J connectivity index is 2.10. The maximum absolute atomic E-state index is 8.66. The summed E-state index contributed by atoms with van der Waals surface area (Å²) in [7, 11) is 0. The van der Waals surface area contributed by atoms with Crippen LogP contribution < -0.4 is 10.1 Å². The lowest BCUT2D eigenvalue weighted by molar-refractivity contribution is -0.656. The number of para-hydroxylation sites is 1. The second-order valence-electron chi connectivity index (χ2n) is 5.54. The fourth-order valence-electron chi connectivity index (χ4n) is 2.25. The molecule has 1 aromatic carbocycles. The van der Waals surface area contributed by atoms with E-state index in [0.29, 0.717) is 5.92 Å². The molecule has 20 heavy (non-hydrogen) atoms. The molecular formula is C17H30NO2+. The van der Waals surface area contributed by atoms with Crippen molar-refractivity contribution in [2.24, 2.45) is 0 Å². The smallest absolute Gasteiger partial charge is 0.122 e. The molecule has 3 nitrogen and oxygen atoms in total. The first-order valence-corrected chi connectivity index (χ1v) is 7.90. The van der Waals surface area contributed by atoms with Crippen molar-refractivity contribution in [3.8, 4) is 5.75 Å². The molecule has 0 saturated heterocycles. The fourth-order valence-corrected chi connectivity index (χ4v) is 2.25. The molecule has 3 heteroatoms. The molecule has 0 radical (unpaired) electrons. The highest BCUT2D eigenvalue weighted by molar-refractivity contribution is 5.35. The van der Waals surface area contributed by atoms with Crippen LogP contribution >= 0.6 is 0 Å². The first-order valence-electron chi connectivity index (χ1n) is 7.90. The summed E-state index contributed by atoms with van der Waals surface area (Å²) in [6.45, 7) is 7.44. The van der Waals surface area contributed by atoms with Crippen LogP contribution in [0.3, 0.4) is 0 Å². The summed E-state index contributed by atoms with van der Waals surface area (Å²) in [5.74, 6) is 1.55. The SMILES string of the molecule is CC(C)c1ccccc1OCCCCCC[NH2+]CCO. The Hall–Kier alpha value is -1.06. The standard InChI is InChI=1S/C17H29NO2/c1-15(2)16-9-5-6-10-17(16)20-14-8-4-3-7-11-18-12-13-19/h5-6,9-10,15,18-19H,3-4,7-8,11-14H2,1-2H3/p+1. The molecule has 0 aliphatic rings. The van der Waals surface area contributed by atoms with E-state index in [-0.39, 0.29) is 6.61 Å². The molecule has 0 amide bonds. The van der Waals surface area contributed by atoms with E-state index in [1.807, 2.05) is 6.07 Å². The minimum absolute atomic E-state index is 0.281. The number of aliphatic hydroxyl groups is 1. The Morgan fingerprint density at radius 3 is 2.55 bits per heavy atom. The van der Waals surface area contributed by atoms with E-state index in [2.05, 4.69) is 37.4 Å². The third-order valence-electron chi connectivity index (χ3n) is 3.43. The maximum atomic E-state index is 8.66. The minimum atomic E-state index is 0.281. The predicted molar refractivity (Wildman–Crippen MR) is 83.2 cm³/mol. The number of unbranched alkanes of at least 4 members (excludes halogenated alkanes) is 3. The molecule has 3 N–H and O–H groups in total. The summed E-state index contributed by atoms with van der Waals surface area (Å²) in [4.78, 5) is 0. The molecule has 0 saturated carbocycles. The lowest BCUT2D eigenvalue weighted by Crippen LogP contribution is -2.85. The summed E-state index contributed by atoms with van der Waals surface area (Å²) in [6.07, 6.45) is 4.81. The van der Waals surface area contributed by atoms with Crippen LogP contribution in [0.15, 0.2) is 24.3 Å². The van der Waals surface area contributed by atoms with Crippen LogP contribution in [0.25, 0.3) is 0 Å². The van der Waals surface area contributed by atoms with E-state index in [1.165, 1.54) is 24.8 Å². The number of rotatable bonds is 11. The monoisotopic (exact) mass is 280 g/mol. The van der Waals surface area contributed by atoms with Gasteiger partial charge in [0, 0.05) is 0 Å². The quantitative estimate of drug-likeness (QED) is 0.611. The zero-order valence-corrected chi connectivity index (χ0v) is 13.0. The molecule has 1 aromatic rings. The predicted octanol–water partition coefficient (Wildman–Crippen LogP) is 2.30. The lowest BCUT2D eigenvalue weighted by Gasteiger charge is -2.13. The lowest BCUT2D eigenvalue weighted by atomic mass is 10.0. The van der Waals surface area contributed by atoms with Crippen molar-refractivity contribution in [3.63, 3.8) is 0 Å². The van der Waals surface area contributed by atoms with Crippen LogP contribution in [-0.2, 0) is 0 Å². The summed E-state index contributed by atoms with van der Waals surface area (Å²) in [6, 6.07) is 8.33. The van der Waals surface area contributed by atoms with Gasteiger partial charge in [-0.2, -0.15) is 0 Å². The van der Waals surface area contributed by atoms with E-state index >= 15 is 0 Å². The normalized spacial score (nSPS) is 11.0. The Morgan fingerprint density at radius 1 is 1.05 bits per heavy atom. The van der Waals surface area contributed by atoms with Gasteiger partial charge < -0.3 is 15.2 Å². The van der Waals surface area contributed by atoms with Crippen molar-refractivity contribution in [3.05, 3.63) is 29.8 Å². The van der Waals surface area contributed by atoms with Crippen LogP contribution in [-0.4, -0.2) is 31.4 Å². The van der Waals surface area contributed by atoms with Gasteiger partial charge in [0.05, 0.1) is 26.3 Å². The Morgan fingerprint density at radius 2 is 1.80 bits per heavy atom. The Kier molecular flexibility index (Phi) is 9.09. The molecule has 0 fully saturated rings. The molecule has 0 heterocycles. The van der Waals surface area contributed by atoms with E-state index in [9.17, 15) is 0 Å². The van der Waals surface area contributed by atoms with Gasteiger partial charge in [0.25, 0.3) is 0 Å². The van der Waals surface area contributed by atoms with Gasteiger partial charge in [0.2, 0.25) is 0 Å². The highest BCUT2D eigenvalue weighted by atomic mass is 16.5. The number of hydrogen-bond donors (Lipinski definition) is 2. The van der Waals surface area contributed by atoms with E-state index in [0.717, 1.165) is 31.9 Å².